The molecule has 3 fully saturated rings. The van der Waals surface area contributed by atoms with Crippen LogP contribution in [-0.4, -0.2) is 89.9 Å². The number of carboxylic acids is 1. The molecule has 2 aromatic rings. The van der Waals surface area contributed by atoms with Crippen LogP contribution in [0.5, 0.6) is 5.75 Å². The molecule has 1 N–H and O–H groups in total. The number of nitrogens with zero attached hydrogens (tertiary/aromatic N) is 3. The molecule has 0 spiro atoms. The number of likely N-dealkylation sites (tertiary alicyclic amines) is 1. The number of fused-ring (bicyclic) bond motifs is 1. The molecule has 3 aliphatic rings. The van der Waals surface area contributed by atoms with E-state index >= 15 is 4.39 Å². The Balaban J connectivity index is 1.28. The number of aliphatic carboxylic acids is 1. The van der Waals surface area contributed by atoms with Crippen molar-refractivity contribution in [2.45, 2.75) is 75.8 Å². The van der Waals surface area contributed by atoms with Crippen LogP contribution in [0.1, 0.15) is 75.1 Å². The Labute approximate surface area is 248 Å². The van der Waals surface area contributed by atoms with Crippen LogP contribution in [0.15, 0.2) is 24.4 Å². The van der Waals surface area contributed by atoms with Crippen LogP contribution in [0, 0.1) is 5.41 Å². The van der Waals surface area contributed by atoms with Crippen LogP contribution >= 0.6 is 11.8 Å². The Hall–Kier alpha value is -1.94. The molecule has 7 nitrogen and oxygen atoms in total. The van der Waals surface area contributed by atoms with E-state index < -0.39 is 12.1 Å². The number of ether oxygens (including phenoxy) is 2. The van der Waals surface area contributed by atoms with Gasteiger partial charge in [-0.2, -0.15) is 11.8 Å². The molecule has 1 atom stereocenters. The number of halogens is 1. The Bertz CT molecular complexity index is 1150. The number of morpholine rings is 1. The van der Waals surface area contributed by atoms with Gasteiger partial charge in [-0.3, -0.25) is 14.7 Å². The van der Waals surface area contributed by atoms with Gasteiger partial charge in [0, 0.05) is 54.3 Å². The summed E-state index contributed by atoms with van der Waals surface area (Å²) in [5.41, 5.74) is 1.95. The molecule has 0 radical (unpaired) electrons. The summed E-state index contributed by atoms with van der Waals surface area (Å²) in [5.74, 6) is 1.04. The Morgan fingerprint density at radius 2 is 1.95 bits per heavy atom. The SMILES string of the molecule is COc1ccc2ncc(CN3CCOCC3)c(C(F)CCC3(CC(=O)O)CCN(CCSC4CCCC4)CC3)c2c1. The van der Waals surface area contributed by atoms with Crippen molar-refractivity contribution in [3.63, 3.8) is 0 Å². The third-order valence-electron chi connectivity index (χ3n) is 9.44. The quantitative estimate of drug-likeness (QED) is 0.301. The number of carboxylic acid groups (broad SMARTS) is 1. The number of alkyl halides is 1. The maximum atomic E-state index is 16.5. The number of hydrogen-bond donors (Lipinski definition) is 1. The summed E-state index contributed by atoms with van der Waals surface area (Å²) >= 11 is 2.11. The minimum absolute atomic E-state index is 0.107. The maximum Gasteiger partial charge on any atom is 0.303 e. The maximum absolute atomic E-state index is 16.5. The van der Waals surface area contributed by atoms with E-state index in [0.29, 0.717) is 43.9 Å². The van der Waals surface area contributed by atoms with E-state index in [1.807, 2.05) is 24.4 Å². The molecule has 1 unspecified atom stereocenters. The fourth-order valence-corrected chi connectivity index (χ4v) is 8.29. The van der Waals surface area contributed by atoms with Crippen molar-refractivity contribution in [2.75, 3.05) is 58.8 Å². The summed E-state index contributed by atoms with van der Waals surface area (Å²) in [4.78, 5) is 21.4. The largest absolute Gasteiger partial charge is 0.497 e. The average molecular weight is 588 g/mol. The van der Waals surface area contributed by atoms with Gasteiger partial charge in [-0.1, -0.05) is 12.8 Å². The first-order chi connectivity index (χ1) is 19.9. The molecular formula is C32H46FN3O4S. The zero-order valence-electron chi connectivity index (χ0n) is 24.5. The highest BCUT2D eigenvalue weighted by Crippen LogP contribution is 2.44. The first kappa shape index (κ1) is 30.5. The molecule has 9 heteroatoms. The van der Waals surface area contributed by atoms with Gasteiger partial charge >= 0.3 is 5.97 Å². The second-order valence-corrected chi connectivity index (χ2v) is 13.6. The van der Waals surface area contributed by atoms with Crippen molar-refractivity contribution in [3.05, 3.63) is 35.5 Å². The predicted octanol–water partition coefficient (Wildman–Crippen LogP) is 6.10. The highest BCUT2D eigenvalue weighted by atomic mass is 32.2. The van der Waals surface area contributed by atoms with Gasteiger partial charge in [-0.05, 0) is 80.8 Å². The Morgan fingerprint density at radius 1 is 1.20 bits per heavy atom. The van der Waals surface area contributed by atoms with Gasteiger partial charge in [-0.25, -0.2) is 4.39 Å². The first-order valence-corrected chi connectivity index (χ1v) is 16.4. The summed E-state index contributed by atoms with van der Waals surface area (Å²) in [5, 5.41) is 11.4. The molecule has 1 aliphatic carbocycles. The lowest BCUT2D eigenvalue weighted by atomic mass is 9.71. The molecular weight excluding hydrogens is 541 g/mol. The predicted molar refractivity (Wildman–Crippen MR) is 163 cm³/mol. The van der Waals surface area contributed by atoms with E-state index in [-0.39, 0.29) is 11.8 Å². The highest BCUT2D eigenvalue weighted by Gasteiger charge is 2.37. The Morgan fingerprint density at radius 3 is 2.66 bits per heavy atom. The molecule has 226 valence electrons. The summed E-state index contributed by atoms with van der Waals surface area (Å²) < 4.78 is 27.5. The molecule has 1 saturated carbocycles. The number of hydrogen-bond acceptors (Lipinski definition) is 7. The lowest BCUT2D eigenvalue weighted by Gasteiger charge is -2.41. The van der Waals surface area contributed by atoms with Gasteiger partial charge in [0.1, 0.15) is 11.9 Å². The monoisotopic (exact) mass is 587 g/mol. The molecule has 3 heterocycles. The fraction of sp³-hybridized carbons (Fsp3) is 0.688. The molecule has 2 aliphatic heterocycles. The third-order valence-corrected chi connectivity index (χ3v) is 10.8. The van der Waals surface area contributed by atoms with Crippen molar-refractivity contribution in [1.82, 2.24) is 14.8 Å². The van der Waals surface area contributed by atoms with Crippen LogP contribution in [-0.2, 0) is 16.1 Å². The zero-order valence-corrected chi connectivity index (χ0v) is 25.3. The van der Waals surface area contributed by atoms with Crippen LogP contribution in [0.3, 0.4) is 0 Å². The third kappa shape index (κ3) is 8.12. The van der Waals surface area contributed by atoms with E-state index in [1.165, 1.54) is 25.7 Å². The minimum atomic E-state index is -1.21. The van der Waals surface area contributed by atoms with E-state index in [2.05, 4.69) is 26.5 Å². The lowest BCUT2D eigenvalue weighted by Crippen LogP contribution is -2.42. The van der Waals surface area contributed by atoms with Gasteiger partial charge in [0.05, 0.1) is 32.3 Å². The molecule has 0 bridgehead atoms. The summed E-state index contributed by atoms with van der Waals surface area (Å²) in [6.07, 6.45) is 8.64. The van der Waals surface area contributed by atoms with Crippen molar-refractivity contribution < 1.29 is 23.8 Å². The van der Waals surface area contributed by atoms with Gasteiger partial charge in [0.25, 0.3) is 0 Å². The van der Waals surface area contributed by atoms with Crippen molar-refractivity contribution in [1.29, 1.82) is 0 Å². The van der Waals surface area contributed by atoms with Gasteiger partial charge in [0.15, 0.2) is 0 Å². The molecule has 0 amide bonds. The number of rotatable bonds is 13. The smallest absolute Gasteiger partial charge is 0.303 e. The zero-order chi connectivity index (χ0) is 28.7. The number of benzene rings is 1. The lowest BCUT2D eigenvalue weighted by molar-refractivity contribution is -0.141. The minimum Gasteiger partial charge on any atom is -0.497 e. The molecule has 1 aromatic carbocycles. The molecule has 5 rings (SSSR count). The van der Waals surface area contributed by atoms with E-state index in [0.717, 1.165) is 73.0 Å². The highest BCUT2D eigenvalue weighted by molar-refractivity contribution is 7.99. The standard InChI is InChI=1S/C32H46FN3O4S/c1-39-25-6-7-29-27(20-25)31(24(22-34-29)23-36-14-17-40-18-15-36)28(33)8-9-32(21-30(37)38)10-12-35(13-11-32)16-19-41-26-4-2-3-5-26/h6-7,20,22,26,28H,2-5,8-19,21,23H2,1H3,(H,37,38). The first-order valence-electron chi connectivity index (χ1n) is 15.4. The van der Waals surface area contributed by atoms with Crippen LogP contribution < -0.4 is 4.74 Å². The van der Waals surface area contributed by atoms with Crippen molar-refractivity contribution in [2.24, 2.45) is 5.41 Å². The summed E-state index contributed by atoms with van der Waals surface area (Å²) in [6, 6.07) is 5.63. The van der Waals surface area contributed by atoms with Crippen LogP contribution in [0.4, 0.5) is 4.39 Å². The fourth-order valence-electron chi connectivity index (χ4n) is 6.92. The van der Waals surface area contributed by atoms with E-state index in [4.69, 9.17) is 9.47 Å². The van der Waals surface area contributed by atoms with Crippen molar-refractivity contribution in [3.8, 4) is 5.75 Å². The number of piperidine rings is 1. The number of carbonyl (C=O) groups is 1. The molecule has 2 saturated heterocycles. The van der Waals surface area contributed by atoms with Gasteiger partial charge in [-0.15, -0.1) is 0 Å². The van der Waals surface area contributed by atoms with Crippen LogP contribution in [0.2, 0.25) is 0 Å². The topological polar surface area (TPSA) is 75.1 Å². The Kier molecular flexibility index (Phi) is 10.8. The second kappa shape index (κ2) is 14.5. The summed E-state index contributed by atoms with van der Waals surface area (Å²) in [7, 11) is 1.62. The normalized spacial score (nSPS) is 21.3. The number of aromatic nitrogens is 1. The molecule has 41 heavy (non-hydrogen) atoms. The molecule has 1 aromatic heterocycles. The van der Waals surface area contributed by atoms with Crippen molar-refractivity contribution >= 4 is 28.6 Å². The van der Waals surface area contributed by atoms with E-state index in [1.54, 1.807) is 7.11 Å². The number of thioether (sulfide) groups is 1. The van der Waals surface area contributed by atoms with Gasteiger partial charge < -0.3 is 19.5 Å². The second-order valence-electron chi connectivity index (χ2n) is 12.2. The number of pyridine rings is 1. The van der Waals surface area contributed by atoms with Crippen LogP contribution in [0.25, 0.3) is 10.9 Å². The van der Waals surface area contributed by atoms with E-state index in [9.17, 15) is 9.90 Å². The summed E-state index contributed by atoms with van der Waals surface area (Å²) in [6.45, 7) is 6.45. The van der Waals surface area contributed by atoms with Gasteiger partial charge in [0.2, 0.25) is 0 Å². The number of methoxy groups -OCH3 is 1. The average Bonchev–Trinajstić information content (AvgIpc) is 3.50.